The van der Waals surface area contributed by atoms with Gasteiger partial charge in [-0.3, -0.25) is 19.1 Å². The summed E-state index contributed by atoms with van der Waals surface area (Å²) in [6.07, 6.45) is -6.31. The second-order valence-corrected chi connectivity index (χ2v) is 20.2. The van der Waals surface area contributed by atoms with E-state index in [2.05, 4.69) is 25.3 Å². The fourth-order valence-corrected chi connectivity index (χ4v) is 9.43. The van der Waals surface area contributed by atoms with Crippen molar-refractivity contribution in [1.82, 2.24) is 30.2 Å². The maximum absolute atomic E-state index is 16.3. The molecule has 3 N–H and O–H groups in total. The van der Waals surface area contributed by atoms with Gasteiger partial charge in [-0.15, -0.1) is 0 Å². The third kappa shape index (κ3) is 9.63. The topological polar surface area (TPSA) is 195 Å². The van der Waals surface area contributed by atoms with Crippen molar-refractivity contribution in [2.45, 2.75) is 153 Å². The first kappa shape index (κ1) is 46.9. The zero-order valence-corrected chi connectivity index (χ0v) is 35.9. The Labute approximate surface area is 354 Å². The van der Waals surface area contributed by atoms with E-state index < -0.39 is 136 Å². The molecule has 3 heterocycles. The van der Waals surface area contributed by atoms with E-state index in [9.17, 15) is 45.2 Å². The molecule has 0 unspecified atom stereocenters. The molecule has 0 spiro atoms. The Hall–Kier alpha value is -4.63. The standard InChI is InChI=1S/C40H52F6N6O9S/c1-7-22-26-19-52(27(22)31(53)50-39(18-23(39)30(41)42)34(55)51-62(57,58)38(6)15-16-38)33(54)29(37(3,4)5)49-36(56)59-20(2)11-9-8-10-14-40(45,46)28-32(61-26)48-25-17-21(60-35(43)44)12-13-24(25)47-28/h12-13,17,20,22-23,26-27,29-30,35H,7-11,14-16,18-19H2,1-6H3,(H,49,56)(H,50,53)(H,51,55)/t20-,22+,23-,26-,27-,29+,39+/m0/s1. The number of benzene rings is 1. The van der Waals surface area contributed by atoms with Gasteiger partial charge in [0.25, 0.3) is 11.8 Å². The molecule has 1 saturated heterocycles. The number of hydrogen-bond acceptors (Lipinski definition) is 11. The first-order valence-electron chi connectivity index (χ1n) is 20.6. The number of halogens is 6. The van der Waals surface area contributed by atoms with Gasteiger partial charge in [0, 0.05) is 18.4 Å². The highest BCUT2D eigenvalue weighted by atomic mass is 32.2. The quantitative estimate of drug-likeness (QED) is 0.252. The van der Waals surface area contributed by atoms with Gasteiger partial charge in [-0.1, -0.05) is 34.1 Å². The predicted molar refractivity (Wildman–Crippen MR) is 209 cm³/mol. The number of ether oxygens (including phenoxy) is 3. The van der Waals surface area contributed by atoms with Gasteiger partial charge in [0.2, 0.25) is 34.1 Å². The van der Waals surface area contributed by atoms with Crippen molar-refractivity contribution in [2.75, 3.05) is 6.54 Å². The third-order valence-corrected chi connectivity index (χ3v) is 14.4. The second-order valence-electron chi connectivity index (χ2n) is 18.0. The van der Waals surface area contributed by atoms with E-state index in [1.807, 2.05) is 4.72 Å². The Balaban J connectivity index is 1.45. The highest BCUT2D eigenvalue weighted by Gasteiger charge is 2.68. The van der Waals surface area contributed by atoms with Gasteiger partial charge in [-0.25, -0.2) is 32.0 Å². The summed E-state index contributed by atoms with van der Waals surface area (Å²) in [6.45, 7) is 5.62. The molecule has 1 aromatic heterocycles. The third-order valence-electron chi connectivity index (χ3n) is 12.2. The van der Waals surface area contributed by atoms with E-state index in [1.54, 1.807) is 34.6 Å². The lowest BCUT2D eigenvalue weighted by atomic mass is 9.85. The minimum atomic E-state index is -4.36. The number of cyclic esters (lactones) is 1. The average Bonchev–Trinajstić information content (AvgIpc) is 4.07. The molecule has 4 amide bonds. The second kappa shape index (κ2) is 17.2. The largest absolute Gasteiger partial charge is 0.471 e. The lowest BCUT2D eigenvalue weighted by molar-refractivity contribution is -0.144. The number of alkyl carbamates (subject to hydrolysis) is 1. The van der Waals surface area contributed by atoms with Gasteiger partial charge < -0.3 is 29.7 Å². The van der Waals surface area contributed by atoms with Gasteiger partial charge >= 0.3 is 12.7 Å². The lowest BCUT2D eigenvalue weighted by Crippen LogP contribution is -2.61. The predicted octanol–water partition coefficient (Wildman–Crippen LogP) is 5.94. The number of carbonyl (C=O) groups is 4. The van der Waals surface area contributed by atoms with Crippen LogP contribution in [0, 0.1) is 17.3 Å². The van der Waals surface area contributed by atoms with Crippen LogP contribution in [-0.4, -0.2) is 101 Å². The van der Waals surface area contributed by atoms with Crippen LogP contribution in [0.5, 0.6) is 11.6 Å². The fraction of sp³-hybridized carbons (Fsp3) is 0.700. The highest BCUT2D eigenvalue weighted by molar-refractivity contribution is 7.91. The van der Waals surface area contributed by atoms with Crippen LogP contribution in [0.25, 0.3) is 11.0 Å². The molecule has 22 heteroatoms. The van der Waals surface area contributed by atoms with E-state index in [0.717, 1.165) is 17.0 Å². The molecule has 2 saturated carbocycles. The first-order valence-corrected chi connectivity index (χ1v) is 22.1. The van der Waals surface area contributed by atoms with Crippen molar-refractivity contribution in [3.05, 3.63) is 23.9 Å². The molecule has 344 valence electrons. The van der Waals surface area contributed by atoms with Crippen molar-refractivity contribution in [3.8, 4) is 11.6 Å². The number of aromatic nitrogens is 2. The molecular formula is C40H52F6N6O9S. The number of nitrogens with one attached hydrogen (secondary N) is 3. The van der Waals surface area contributed by atoms with E-state index in [0.29, 0.717) is 12.8 Å². The summed E-state index contributed by atoms with van der Waals surface area (Å²) in [6, 6.07) is 0.210. The molecule has 15 nitrogen and oxygen atoms in total. The van der Waals surface area contributed by atoms with E-state index >= 15 is 8.78 Å². The van der Waals surface area contributed by atoms with Crippen LogP contribution < -0.4 is 24.8 Å². The van der Waals surface area contributed by atoms with Gasteiger partial charge in [-0.2, -0.15) is 17.6 Å². The molecular weight excluding hydrogens is 855 g/mol. The van der Waals surface area contributed by atoms with E-state index in [1.165, 1.54) is 13.0 Å². The molecule has 2 aliphatic heterocycles. The molecule has 0 radical (unpaired) electrons. The fourth-order valence-electron chi connectivity index (χ4n) is 8.12. The van der Waals surface area contributed by atoms with Crippen molar-refractivity contribution in [3.63, 3.8) is 0 Å². The molecule has 2 aromatic rings. The summed E-state index contributed by atoms with van der Waals surface area (Å²) in [5, 5.41) is 4.93. The Morgan fingerprint density at radius 1 is 1.03 bits per heavy atom. The van der Waals surface area contributed by atoms with E-state index in [-0.39, 0.29) is 48.9 Å². The lowest BCUT2D eigenvalue weighted by Gasteiger charge is -2.36. The van der Waals surface area contributed by atoms with Crippen LogP contribution in [0.4, 0.5) is 31.1 Å². The van der Waals surface area contributed by atoms with E-state index in [4.69, 9.17) is 9.47 Å². The number of sulfonamides is 1. The molecule has 2 aliphatic carbocycles. The van der Waals surface area contributed by atoms with Crippen molar-refractivity contribution in [2.24, 2.45) is 17.3 Å². The van der Waals surface area contributed by atoms with Crippen LogP contribution in [0.15, 0.2) is 18.2 Å². The van der Waals surface area contributed by atoms with Crippen LogP contribution >= 0.6 is 0 Å². The first-order chi connectivity index (χ1) is 28.8. The summed E-state index contributed by atoms with van der Waals surface area (Å²) in [7, 11) is -4.36. The molecule has 6 rings (SSSR count). The Morgan fingerprint density at radius 3 is 2.32 bits per heavy atom. The van der Waals surface area contributed by atoms with Crippen LogP contribution in [0.1, 0.15) is 105 Å². The Kier molecular flexibility index (Phi) is 13.0. The van der Waals surface area contributed by atoms with Crippen molar-refractivity contribution in [1.29, 1.82) is 0 Å². The van der Waals surface area contributed by atoms with Gasteiger partial charge in [0.1, 0.15) is 35.6 Å². The SMILES string of the molecule is CC[C@@H]1[C@@H]2CN(C(=O)[C@H](C(C)(C)C)NC(=O)O[C@@H](C)CCCCCC(F)(F)c3nc4ccc(OC(F)F)cc4nc3O2)[C@@H]1C(=O)N[C@]1(C(=O)NS(=O)(=O)C2(C)CC2)C[C@H]1C(F)F. The number of nitrogens with zero attached hydrogens (tertiary/aromatic N) is 3. The van der Waals surface area contributed by atoms with Crippen molar-refractivity contribution < 1.29 is 68.1 Å². The van der Waals surface area contributed by atoms with Gasteiger partial charge in [-0.05, 0) is 76.3 Å². The number of rotatable bonds is 9. The summed E-state index contributed by atoms with van der Waals surface area (Å²) in [4.78, 5) is 65.8. The normalized spacial score (nSPS) is 29.1. The molecule has 1 aromatic carbocycles. The van der Waals surface area contributed by atoms with Crippen molar-refractivity contribution >= 4 is 44.9 Å². The highest BCUT2D eigenvalue weighted by Crippen LogP contribution is 2.50. The number of hydrogen-bond donors (Lipinski definition) is 3. The molecule has 62 heavy (non-hydrogen) atoms. The molecule has 2 bridgehead atoms. The minimum Gasteiger partial charge on any atom is -0.471 e. The van der Waals surface area contributed by atoms with Crippen LogP contribution in [-0.2, 0) is 35.1 Å². The molecule has 4 aliphatic rings. The number of alkyl halides is 6. The maximum atomic E-state index is 16.3. The van der Waals surface area contributed by atoms with Gasteiger partial charge in [0.15, 0.2) is 5.69 Å². The summed E-state index contributed by atoms with van der Waals surface area (Å²) in [5.74, 6) is -11.2. The Bertz CT molecular complexity index is 2170. The monoisotopic (exact) mass is 906 g/mol. The summed E-state index contributed by atoms with van der Waals surface area (Å²) in [5.41, 5.74) is -4.69. The zero-order valence-electron chi connectivity index (χ0n) is 35.1. The number of fused-ring (bicyclic) bond motifs is 4. The van der Waals surface area contributed by atoms with Crippen LogP contribution in [0.2, 0.25) is 0 Å². The number of amides is 4. The maximum Gasteiger partial charge on any atom is 0.408 e. The Morgan fingerprint density at radius 2 is 1.73 bits per heavy atom. The zero-order chi connectivity index (χ0) is 45.7. The minimum absolute atomic E-state index is 0.0145. The smallest absolute Gasteiger partial charge is 0.408 e. The van der Waals surface area contributed by atoms with Crippen LogP contribution in [0.3, 0.4) is 0 Å². The molecule has 3 fully saturated rings. The summed E-state index contributed by atoms with van der Waals surface area (Å²) >= 11 is 0. The average molecular weight is 907 g/mol. The number of carbonyl (C=O) groups excluding carboxylic acids is 4. The molecule has 7 atom stereocenters. The van der Waals surface area contributed by atoms with Gasteiger partial charge in [0.05, 0.1) is 28.2 Å². The summed E-state index contributed by atoms with van der Waals surface area (Å²) < 4.78 is 131.